The molecule has 2 nitrogen and oxygen atoms in total. The highest BCUT2D eigenvalue weighted by Crippen LogP contribution is 2.66. The standard InChI is InChI=1S/C25H22ClNOS/c1-18-12-13-22(21(26)16-18)27-23(28)14-15-25(27)24(17-29-25,19-8-4-2-5-9-19)20-10-6-3-7-11-20/h2-13,16H,14-15,17H2,1H3/t25-/m0/s1. The Hall–Kier alpha value is -2.23. The first-order chi connectivity index (χ1) is 14.1. The summed E-state index contributed by atoms with van der Waals surface area (Å²) in [5, 5.41) is 0.641. The van der Waals surface area contributed by atoms with Crippen molar-refractivity contribution in [3.63, 3.8) is 0 Å². The van der Waals surface area contributed by atoms with E-state index in [2.05, 4.69) is 60.7 Å². The van der Waals surface area contributed by atoms with Gasteiger partial charge in [-0.25, -0.2) is 0 Å². The quantitative estimate of drug-likeness (QED) is 0.503. The normalized spacial score (nSPS) is 22.7. The van der Waals surface area contributed by atoms with Crippen LogP contribution in [0.15, 0.2) is 78.9 Å². The summed E-state index contributed by atoms with van der Waals surface area (Å²) >= 11 is 8.54. The minimum absolute atomic E-state index is 0.152. The SMILES string of the molecule is Cc1ccc(N2C(=O)CC[C@@]23SCC3(c2ccccc2)c2ccccc2)c(Cl)c1. The van der Waals surface area contributed by atoms with Crippen LogP contribution in [-0.4, -0.2) is 16.5 Å². The largest absolute Gasteiger partial charge is 0.294 e. The number of halogens is 1. The van der Waals surface area contributed by atoms with Gasteiger partial charge in [0.25, 0.3) is 0 Å². The number of carbonyl (C=O) groups is 1. The second-order valence-electron chi connectivity index (χ2n) is 7.89. The fourth-order valence-electron chi connectivity index (χ4n) is 4.98. The first-order valence-electron chi connectivity index (χ1n) is 9.93. The van der Waals surface area contributed by atoms with Crippen LogP contribution in [0, 0.1) is 6.92 Å². The number of hydrogen-bond acceptors (Lipinski definition) is 2. The Morgan fingerprint density at radius 2 is 1.55 bits per heavy atom. The zero-order valence-corrected chi connectivity index (χ0v) is 17.8. The monoisotopic (exact) mass is 419 g/mol. The molecule has 0 aliphatic carbocycles. The molecular weight excluding hydrogens is 398 g/mol. The molecule has 2 fully saturated rings. The van der Waals surface area contributed by atoms with Crippen molar-refractivity contribution in [3.8, 4) is 0 Å². The molecule has 0 saturated carbocycles. The van der Waals surface area contributed by atoms with Crippen LogP contribution in [0.25, 0.3) is 0 Å². The van der Waals surface area contributed by atoms with Crippen LogP contribution in [0.2, 0.25) is 5.02 Å². The van der Waals surface area contributed by atoms with Gasteiger partial charge in [0.15, 0.2) is 0 Å². The Balaban J connectivity index is 1.75. The number of rotatable bonds is 3. The van der Waals surface area contributed by atoms with Gasteiger partial charge in [0.05, 0.1) is 16.1 Å². The molecule has 4 heteroatoms. The molecule has 2 heterocycles. The zero-order valence-electron chi connectivity index (χ0n) is 16.3. The summed E-state index contributed by atoms with van der Waals surface area (Å²) in [6.07, 6.45) is 1.35. The third-order valence-corrected chi connectivity index (χ3v) is 8.45. The summed E-state index contributed by atoms with van der Waals surface area (Å²) in [6, 6.07) is 27.3. The summed E-state index contributed by atoms with van der Waals surface area (Å²) in [6.45, 7) is 2.02. The maximum absolute atomic E-state index is 13.2. The predicted molar refractivity (Wildman–Crippen MR) is 122 cm³/mol. The Kier molecular flexibility index (Phi) is 4.49. The molecule has 2 aliphatic heterocycles. The maximum atomic E-state index is 13.2. The lowest BCUT2D eigenvalue weighted by molar-refractivity contribution is -0.117. The van der Waals surface area contributed by atoms with Gasteiger partial charge >= 0.3 is 0 Å². The number of amides is 1. The predicted octanol–water partition coefficient (Wildman–Crippen LogP) is 6.20. The molecule has 0 aromatic heterocycles. The van der Waals surface area contributed by atoms with E-state index in [0.717, 1.165) is 23.4 Å². The van der Waals surface area contributed by atoms with Crippen LogP contribution < -0.4 is 4.90 Å². The van der Waals surface area contributed by atoms with E-state index in [-0.39, 0.29) is 16.2 Å². The number of aryl methyl sites for hydroxylation is 1. The first-order valence-corrected chi connectivity index (χ1v) is 11.3. The average molecular weight is 420 g/mol. The second-order valence-corrected chi connectivity index (χ2v) is 9.55. The molecule has 2 aliphatic rings. The molecule has 146 valence electrons. The Morgan fingerprint density at radius 1 is 0.931 bits per heavy atom. The molecule has 3 aromatic carbocycles. The summed E-state index contributed by atoms with van der Waals surface area (Å²) in [5.74, 6) is 1.09. The van der Waals surface area contributed by atoms with Crippen LogP contribution in [0.4, 0.5) is 5.69 Å². The average Bonchev–Trinajstić information content (AvgIpc) is 3.09. The van der Waals surface area contributed by atoms with Crippen LogP contribution in [-0.2, 0) is 10.2 Å². The minimum Gasteiger partial charge on any atom is -0.294 e. The number of hydrogen-bond donors (Lipinski definition) is 0. The Bertz CT molecular complexity index is 1030. The minimum atomic E-state index is -0.369. The lowest BCUT2D eigenvalue weighted by Crippen LogP contribution is -2.67. The van der Waals surface area contributed by atoms with Gasteiger partial charge in [-0.3, -0.25) is 9.69 Å². The molecule has 1 spiro atoms. The van der Waals surface area contributed by atoms with E-state index in [1.165, 1.54) is 11.1 Å². The molecule has 3 aromatic rings. The zero-order chi connectivity index (χ0) is 20.1. The number of thioether (sulfide) groups is 1. The Morgan fingerprint density at radius 3 is 2.07 bits per heavy atom. The lowest BCUT2D eigenvalue weighted by atomic mass is 9.68. The van der Waals surface area contributed by atoms with Crippen molar-refractivity contribution in [1.29, 1.82) is 0 Å². The van der Waals surface area contributed by atoms with Gasteiger partial charge in [0.2, 0.25) is 5.91 Å². The number of nitrogens with zero attached hydrogens (tertiary/aromatic N) is 1. The summed E-state index contributed by atoms with van der Waals surface area (Å²) < 4.78 is 0. The van der Waals surface area contributed by atoms with Gasteiger partial charge in [-0.05, 0) is 42.2 Å². The Labute approximate surface area is 180 Å². The molecule has 0 bridgehead atoms. The molecule has 2 saturated heterocycles. The molecule has 29 heavy (non-hydrogen) atoms. The topological polar surface area (TPSA) is 20.3 Å². The van der Waals surface area contributed by atoms with Gasteiger partial charge < -0.3 is 0 Å². The summed E-state index contributed by atoms with van der Waals surface area (Å²) in [5.41, 5.74) is 4.17. The van der Waals surface area contributed by atoms with Gasteiger partial charge in [-0.2, -0.15) is 0 Å². The van der Waals surface area contributed by atoms with E-state index in [1.807, 2.05) is 41.8 Å². The van der Waals surface area contributed by atoms with Gasteiger partial charge in [0.1, 0.15) is 4.87 Å². The van der Waals surface area contributed by atoms with Crippen molar-refractivity contribution in [3.05, 3.63) is 101 Å². The van der Waals surface area contributed by atoms with E-state index in [9.17, 15) is 4.79 Å². The van der Waals surface area contributed by atoms with Crippen LogP contribution >= 0.6 is 23.4 Å². The molecular formula is C25H22ClNOS. The molecule has 5 rings (SSSR count). The van der Waals surface area contributed by atoms with E-state index < -0.39 is 0 Å². The summed E-state index contributed by atoms with van der Waals surface area (Å²) in [4.78, 5) is 14.9. The maximum Gasteiger partial charge on any atom is 0.228 e. The lowest BCUT2D eigenvalue weighted by Gasteiger charge is -2.61. The van der Waals surface area contributed by atoms with E-state index >= 15 is 0 Å². The molecule has 1 atom stereocenters. The molecule has 1 amide bonds. The first kappa shape index (κ1) is 18.8. The van der Waals surface area contributed by atoms with E-state index in [4.69, 9.17) is 11.6 Å². The van der Waals surface area contributed by atoms with E-state index in [0.29, 0.717) is 11.4 Å². The van der Waals surface area contributed by atoms with Crippen molar-refractivity contribution in [2.24, 2.45) is 0 Å². The number of carbonyl (C=O) groups excluding carboxylic acids is 1. The summed E-state index contributed by atoms with van der Waals surface area (Å²) in [7, 11) is 0. The van der Waals surface area contributed by atoms with Crippen LogP contribution in [0.5, 0.6) is 0 Å². The molecule has 0 N–H and O–H groups in total. The van der Waals surface area contributed by atoms with Crippen LogP contribution in [0.3, 0.4) is 0 Å². The third-order valence-electron chi connectivity index (χ3n) is 6.36. The third kappa shape index (κ3) is 2.60. The molecule has 0 radical (unpaired) electrons. The fraction of sp³-hybridized carbons (Fsp3) is 0.240. The highest BCUT2D eigenvalue weighted by molar-refractivity contribution is 8.02. The molecule has 0 unspecified atom stereocenters. The van der Waals surface area contributed by atoms with Crippen molar-refractivity contribution >= 4 is 35.0 Å². The van der Waals surface area contributed by atoms with Gasteiger partial charge in [-0.1, -0.05) is 78.3 Å². The second kappa shape index (κ2) is 6.93. The van der Waals surface area contributed by atoms with Crippen molar-refractivity contribution in [1.82, 2.24) is 0 Å². The van der Waals surface area contributed by atoms with Crippen molar-refractivity contribution in [2.45, 2.75) is 30.1 Å². The highest BCUT2D eigenvalue weighted by atomic mass is 35.5. The van der Waals surface area contributed by atoms with Crippen LogP contribution in [0.1, 0.15) is 29.5 Å². The number of anilines is 1. The highest BCUT2D eigenvalue weighted by Gasteiger charge is 2.68. The van der Waals surface area contributed by atoms with Crippen molar-refractivity contribution in [2.75, 3.05) is 10.7 Å². The van der Waals surface area contributed by atoms with Gasteiger partial charge in [-0.15, -0.1) is 11.8 Å². The number of benzene rings is 3. The fourth-order valence-corrected chi connectivity index (χ4v) is 7.21. The van der Waals surface area contributed by atoms with Gasteiger partial charge in [0, 0.05) is 12.2 Å². The van der Waals surface area contributed by atoms with E-state index in [1.54, 1.807) is 0 Å². The smallest absolute Gasteiger partial charge is 0.228 e. The van der Waals surface area contributed by atoms with Crippen molar-refractivity contribution < 1.29 is 4.79 Å².